The van der Waals surface area contributed by atoms with Crippen LogP contribution in [0.4, 0.5) is 22.0 Å². The first-order valence-electron chi connectivity index (χ1n) is 10.1. The quantitative estimate of drug-likeness (QED) is 0.602. The molecule has 5 nitrogen and oxygen atoms in total. The monoisotopic (exact) mass is 456 g/mol. The number of carbonyl (C=O) groups excluding carboxylic acids is 1. The number of hydrogen-bond donors (Lipinski definition) is 1. The fourth-order valence-electron chi connectivity index (χ4n) is 4.35. The Hall–Kier alpha value is -2.88. The molecule has 10 heteroatoms. The average Bonchev–Trinajstić information content (AvgIpc) is 3.17. The number of nitrogens with one attached hydrogen (secondary N) is 1. The Morgan fingerprint density at radius 1 is 1.06 bits per heavy atom. The molecule has 0 aromatic heterocycles. The van der Waals surface area contributed by atoms with E-state index in [0.29, 0.717) is 30.8 Å². The molecule has 2 fully saturated rings. The molecule has 2 aromatic rings. The number of rotatable bonds is 8. The van der Waals surface area contributed by atoms with E-state index in [0.717, 1.165) is 30.8 Å². The van der Waals surface area contributed by atoms with Crippen LogP contribution >= 0.6 is 0 Å². The maximum absolute atomic E-state index is 12.3. The highest BCUT2D eigenvalue weighted by Crippen LogP contribution is 2.51. The van der Waals surface area contributed by atoms with E-state index in [4.69, 9.17) is 0 Å². The summed E-state index contributed by atoms with van der Waals surface area (Å²) in [5, 5.41) is 2.80. The lowest BCUT2D eigenvalue weighted by atomic mass is 10.1. The summed E-state index contributed by atoms with van der Waals surface area (Å²) in [5.74, 6) is 0.502. The van der Waals surface area contributed by atoms with Gasteiger partial charge in [0.1, 0.15) is 11.5 Å². The van der Waals surface area contributed by atoms with Gasteiger partial charge in [-0.3, -0.25) is 9.69 Å². The number of amides is 1. The Labute approximate surface area is 181 Å². The van der Waals surface area contributed by atoms with Crippen molar-refractivity contribution in [3.05, 3.63) is 59.7 Å². The van der Waals surface area contributed by atoms with Gasteiger partial charge in [0.25, 0.3) is 5.91 Å². The Balaban J connectivity index is 1.21. The van der Waals surface area contributed by atoms with Crippen LogP contribution in [0, 0.1) is 17.8 Å². The molecule has 2 unspecified atom stereocenters. The van der Waals surface area contributed by atoms with Gasteiger partial charge in [-0.2, -0.15) is 8.78 Å². The minimum atomic E-state index is -4.81. The van der Waals surface area contributed by atoms with Crippen LogP contribution in [-0.2, 0) is 6.54 Å². The molecular formula is C22H21F5N2O3. The normalized spacial score (nSPS) is 22.5. The summed E-state index contributed by atoms with van der Waals surface area (Å²) in [4.78, 5) is 14.6. The lowest BCUT2D eigenvalue weighted by molar-refractivity contribution is -0.274. The average molecular weight is 456 g/mol. The van der Waals surface area contributed by atoms with Gasteiger partial charge in [-0.25, -0.2) is 0 Å². The lowest BCUT2D eigenvalue weighted by Crippen LogP contribution is -2.30. The van der Waals surface area contributed by atoms with Crippen molar-refractivity contribution in [2.24, 2.45) is 17.8 Å². The molecule has 1 amide bonds. The SMILES string of the molecule is O=C(NCC1C2CN(Cc3ccc(OC(F)F)cc3)CC12)c1cccc(OC(F)(F)F)c1. The highest BCUT2D eigenvalue weighted by atomic mass is 19.4. The summed E-state index contributed by atoms with van der Waals surface area (Å²) in [6, 6.07) is 11.5. The van der Waals surface area contributed by atoms with E-state index in [9.17, 15) is 26.7 Å². The maximum atomic E-state index is 12.3. The van der Waals surface area contributed by atoms with Gasteiger partial charge < -0.3 is 14.8 Å². The topological polar surface area (TPSA) is 50.8 Å². The molecule has 1 heterocycles. The predicted molar refractivity (Wildman–Crippen MR) is 104 cm³/mol. The van der Waals surface area contributed by atoms with Crippen molar-refractivity contribution in [1.82, 2.24) is 10.2 Å². The van der Waals surface area contributed by atoms with Gasteiger partial charge in [-0.15, -0.1) is 13.2 Å². The first kappa shape index (κ1) is 22.3. The van der Waals surface area contributed by atoms with Gasteiger partial charge in [-0.1, -0.05) is 18.2 Å². The number of likely N-dealkylation sites (tertiary alicyclic amines) is 1. The lowest BCUT2D eigenvalue weighted by Gasteiger charge is -2.20. The van der Waals surface area contributed by atoms with Crippen molar-refractivity contribution in [2.45, 2.75) is 19.5 Å². The van der Waals surface area contributed by atoms with Crippen LogP contribution in [0.15, 0.2) is 48.5 Å². The molecule has 1 saturated carbocycles. The zero-order valence-electron chi connectivity index (χ0n) is 16.8. The number of ether oxygens (including phenoxy) is 2. The molecule has 2 atom stereocenters. The van der Waals surface area contributed by atoms with Gasteiger partial charge in [0, 0.05) is 31.7 Å². The third kappa shape index (κ3) is 5.67. The van der Waals surface area contributed by atoms with E-state index < -0.39 is 24.6 Å². The Bertz CT molecular complexity index is 939. The second-order valence-corrected chi connectivity index (χ2v) is 7.99. The van der Waals surface area contributed by atoms with Gasteiger partial charge in [0.05, 0.1) is 0 Å². The van der Waals surface area contributed by atoms with Crippen LogP contribution in [-0.4, -0.2) is 43.4 Å². The molecule has 1 saturated heterocycles. The predicted octanol–water partition coefficient (Wildman–Crippen LogP) is 4.29. The molecule has 0 bridgehead atoms. The zero-order chi connectivity index (χ0) is 22.9. The van der Waals surface area contributed by atoms with E-state index in [-0.39, 0.29) is 11.3 Å². The minimum absolute atomic E-state index is 0.110. The van der Waals surface area contributed by atoms with Crippen molar-refractivity contribution in [2.75, 3.05) is 19.6 Å². The molecule has 4 rings (SSSR count). The number of halogens is 5. The third-order valence-electron chi connectivity index (χ3n) is 5.83. The summed E-state index contributed by atoms with van der Waals surface area (Å²) in [7, 11) is 0. The smallest absolute Gasteiger partial charge is 0.435 e. The van der Waals surface area contributed by atoms with Crippen molar-refractivity contribution in [3.8, 4) is 11.5 Å². The van der Waals surface area contributed by atoms with Crippen LogP contribution in [0.1, 0.15) is 15.9 Å². The van der Waals surface area contributed by atoms with Crippen LogP contribution < -0.4 is 14.8 Å². The minimum Gasteiger partial charge on any atom is -0.435 e. The summed E-state index contributed by atoms with van der Waals surface area (Å²) in [5.41, 5.74) is 1.11. The standard InChI is InChI=1S/C22H21F5N2O3/c23-21(24)31-15-6-4-13(5-7-15)10-29-11-18-17(19(18)12-29)9-28-20(30)14-2-1-3-16(8-14)32-22(25,26)27/h1-8,17-19,21H,9-12H2,(H,28,30). The molecule has 1 aliphatic carbocycles. The van der Waals surface area contributed by atoms with E-state index in [1.165, 1.54) is 24.3 Å². The Kier molecular flexibility index (Phi) is 6.23. The molecule has 1 aliphatic heterocycles. The number of benzene rings is 2. The largest absolute Gasteiger partial charge is 0.573 e. The van der Waals surface area contributed by atoms with Crippen molar-refractivity contribution >= 4 is 5.91 Å². The highest BCUT2D eigenvalue weighted by Gasteiger charge is 2.55. The molecule has 32 heavy (non-hydrogen) atoms. The Morgan fingerprint density at radius 3 is 2.38 bits per heavy atom. The molecule has 2 aromatic carbocycles. The van der Waals surface area contributed by atoms with Crippen molar-refractivity contribution < 1.29 is 36.2 Å². The first-order valence-corrected chi connectivity index (χ1v) is 10.1. The second-order valence-electron chi connectivity index (χ2n) is 7.99. The summed E-state index contributed by atoms with van der Waals surface area (Å²) < 4.78 is 69.6. The van der Waals surface area contributed by atoms with Crippen molar-refractivity contribution in [3.63, 3.8) is 0 Å². The van der Waals surface area contributed by atoms with E-state index in [1.807, 2.05) is 0 Å². The van der Waals surface area contributed by atoms with Crippen LogP contribution in [0.3, 0.4) is 0 Å². The summed E-state index contributed by atoms with van der Waals surface area (Å²) >= 11 is 0. The first-order chi connectivity index (χ1) is 15.2. The fourth-order valence-corrected chi connectivity index (χ4v) is 4.35. The Morgan fingerprint density at radius 2 is 1.75 bits per heavy atom. The van der Waals surface area contributed by atoms with Crippen LogP contribution in [0.5, 0.6) is 11.5 Å². The van der Waals surface area contributed by atoms with E-state index in [2.05, 4.69) is 19.7 Å². The number of nitrogens with zero attached hydrogens (tertiary/aromatic N) is 1. The number of carbonyl (C=O) groups is 1. The fraction of sp³-hybridized carbons (Fsp3) is 0.409. The molecular weight excluding hydrogens is 435 g/mol. The van der Waals surface area contributed by atoms with Crippen molar-refractivity contribution in [1.29, 1.82) is 0 Å². The zero-order valence-corrected chi connectivity index (χ0v) is 16.8. The summed E-state index contributed by atoms with van der Waals surface area (Å²) in [6.07, 6.45) is -4.81. The second kappa shape index (κ2) is 8.93. The number of alkyl halides is 5. The number of piperidine rings is 1. The maximum Gasteiger partial charge on any atom is 0.573 e. The number of fused-ring (bicyclic) bond motifs is 1. The van der Waals surface area contributed by atoms with Gasteiger partial charge in [-0.05, 0) is 53.6 Å². The molecule has 0 spiro atoms. The molecule has 172 valence electrons. The van der Waals surface area contributed by atoms with E-state index >= 15 is 0 Å². The highest BCUT2D eigenvalue weighted by molar-refractivity contribution is 5.94. The van der Waals surface area contributed by atoms with Gasteiger partial charge in [0.15, 0.2) is 0 Å². The third-order valence-corrected chi connectivity index (χ3v) is 5.83. The van der Waals surface area contributed by atoms with E-state index in [1.54, 1.807) is 12.1 Å². The molecule has 1 N–H and O–H groups in total. The molecule has 0 radical (unpaired) electrons. The summed E-state index contributed by atoms with van der Waals surface area (Å²) in [6.45, 7) is 0.0604. The van der Waals surface area contributed by atoms with Crippen LogP contribution in [0.25, 0.3) is 0 Å². The van der Waals surface area contributed by atoms with Gasteiger partial charge in [0.2, 0.25) is 0 Å². The number of hydrogen-bond acceptors (Lipinski definition) is 4. The molecule has 2 aliphatic rings. The van der Waals surface area contributed by atoms with Gasteiger partial charge >= 0.3 is 13.0 Å². The van der Waals surface area contributed by atoms with Crippen LogP contribution in [0.2, 0.25) is 0 Å².